The van der Waals surface area contributed by atoms with Gasteiger partial charge in [0, 0.05) is 23.6 Å². The average molecular weight is 173 g/mol. The van der Waals surface area contributed by atoms with E-state index < -0.39 is 0 Å². The largest absolute Gasteiger partial charge is 0.348 e. The molecule has 1 heteroatoms. The van der Waals surface area contributed by atoms with E-state index in [1.54, 1.807) is 0 Å². The number of aromatic nitrogens is 1. The number of hydrogen-bond acceptors (Lipinski definition) is 0. The van der Waals surface area contributed by atoms with Crippen LogP contribution in [0.4, 0.5) is 0 Å². The maximum absolute atomic E-state index is 2.26. The van der Waals surface area contributed by atoms with Gasteiger partial charge >= 0.3 is 0 Å². The fourth-order valence-electron chi connectivity index (χ4n) is 1.86. The first-order valence-corrected chi connectivity index (χ1v) is 4.63. The smallest absolute Gasteiger partial charge is 0.0485 e. The van der Waals surface area contributed by atoms with Gasteiger partial charge in [-0.2, -0.15) is 0 Å². The molecule has 0 amide bonds. The molecule has 13 heavy (non-hydrogen) atoms. The molecule has 1 aromatic heterocycles. The molecule has 68 valence electrons. The second-order valence-corrected chi connectivity index (χ2v) is 3.79. The zero-order chi connectivity index (χ0) is 9.59. The van der Waals surface area contributed by atoms with E-state index in [4.69, 9.17) is 0 Å². The minimum Gasteiger partial charge on any atom is -0.348 e. The Kier molecular flexibility index (Phi) is 1.69. The highest BCUT2D eigenvalue weighted by molar-refractivity contribution is 5.85. The number of hydrogen-bond donors (Lipinski definition) is 0. The van der Waals surface area contributed by atoms with Gasteiger partial charge in [0.25, 0.3) is 0 Å². The zero-order valence-corrected chi connectivity index (χ0v) is 8.68. The van der Waals surface area contributed by atoms with Crippen molar-refractivity contribution in [2.45, 2.75) is 20.8 Å². The van der Waals surface area contributed by atoms with Crippen molar-refractivity contribution < 1.29 is 0 Å². The van der Waals surface area contributed by atoms with Crippen molar-refractivity contribution in [2.24, 2.45) is 7.05 Å². The highest BCUT2D eigenvalue weighted by Gasteiger charge is 2.06. The molecule has 2 rings (SSSR count). The second-order valence-electron chi connectivity index (χ2n) is 3.79. The highest BCUT2D eigenvalue weighted by atomic mass is 14.9. The molecule has 0 fully saturated rings. The first-order chi connectivity index (χ1) is 6.11. The molecule has 2 aromatic rings. The standard InChI is InChI=1S/C12H15N/c1-8-5-6-11-9(2)10(3)13(4)12(11)7-8/h5-7H,1-4H3. The molecule has 0 bridgehead atoms. The van der Waals surface area contributed by atoms with E-state index in [-0.39, 0.29) is 0 Å². The van der Waals surface area contributed by atoms with E-state index in [0.717, 1.165) is 0 Å². The van der Waals surface area contributed by atoms with Crippen LogP contribution in [0, 0.1) is 20.8 Å². The number of aryl methyl sites for hydroxylation is 3. The molecule has 0 radical (unpaired) electrons. The molecule has 0 aliphatic heterocycles. The summed E-state index contributed by atoms with van der Waals surface area (Å²) in [6.45, 7) is 6.49. The van der Waals surface area contributed by atoms with Gasteiger partial charge in [0.1, 0.15) is 0 Å². The van der Waals surface area contributed by atoms with Crippen molar-refractivity contribution in [3.05, 3.63) is 35.0 Å². The van der Waals surface area contributed by atoms with Crippen LogP contribution in [0.3, 0.4) is 0 Å². The van der Waals surface area contributed by atoms with Gasteiger partial charge in [-0.1, -0.05) is 12.1 Å². The second kappa shape index (κ2) is 2.63. The van der Waals surface area contributed by atoms with Crippen LogP contribution in [-0.4, -0.2) is 4.57 Å². The van der Waals surface area contributed by atoms with Gasteiger partial charge in [0.2, 0.25) is 0 Å². The lowest BCUT2D eigenvalue weighted by molar-refractivity contribution is 0.910. The molecule has 0 atom stereocenters. The van der Waals surface area contributed by atoms with Crippen LogP contribution < -0.4 is 0 Å². The fraction of sp³-hybridized carbons (Fsp3) is 0.333. The third kappa shape index (κ3) is 1.07. The van der Waals surface area contributed by atoms with Crippen LogP contribution in [0.2, 0.25) is 0 Å². The monoisotopic (exact) mass is 173 g/mol. The summed E-state index contributed by atoms with van der Waals surface area (Å²) in [5.74, 6) is 0. The van der Waals surface area contributed by atoms with E-state index >= 15 is 0 Å². The Morgan fingerprint density at radius 2 is 1.77 bits per heavy atom. The van der Waals surface area contributed by atoms with Crippen LogP contribution >= 0.6 is 0 Å². The summed E-state index contributed by atoms with van der Waals surface area (Å²) in [4.78, 5) is 0. The van der Waals surface area contributed by atoms with Gasteiger partial charge in [0.15, 0.2) is 0 Å². The van der Waals surface area contributed by atoms with Crippen LogP contribution in [0.5, 0.6) is 0 Å². The number of rotatable bonds is 0. The molecule has 0 saturated heterocycles. The molecule has 0 N–H and O–H groups in total. The normalized spacial score (nSPS) is 11.1. The third-order valence-electron chi connectivity index (χ3n) is 2.96. The summed E-state index contributed by atoms with van der Waals surface area (Å²) in [6, 6.07) is 6.64. The predicted molar refractivity (Wildman–Crippen MR) is 57.1 cm³/mol. The Morgan fingerprint density at radius 1 is 1.08 bits per heavy atom. The van der Waals surface area contributed by atoms with Crippen LogP contribution in [0.25, 0.3) is 10.9 Å². The molecule has 0 aliphatic carbocycles. The summed E-state index contributed by atoms with van der Waals surface area (Å²) in [6.07, 6.45) is 0. The highest BCUT2D eigenvalue weighted by Crippen LogP contribution is 2.24. The van der Waals surface area contributed by atoms with Gasteiger partial charge in [-0.05, 0) is 38.0 Å². The van der Waals surface area contributed by atoms with Gasteiger partial charge in [0.05, 0.1) is 0 Å². The van der Waals surface area contributed by atoms with Crippen molar-refractivity contribution >= 4 is 10.9 Å². The van der Waals surface area contributed by atoms with Crippen LogP contribution in [-0.2, 0) is 7.05 Å². The molecule has 0 saturated carbocycles. The minimum absolute atomic E-state index is 1.33. The summed E-state index contributed by atoms with van der Waals surface area (Å²) >= 11 is 0. The van der Waals surface area contributed by atoms with Crippen molar-refractivity contribution in [3.63, 3.8) is 0 Å². The Morgan fingerprint density at radius 3 is 2.46 bits per heavy atom. The maximum atomic E-state index is 2.26. The van der Waals surface area contributed by atoms with E-state index in [1.165, 1.54) is 27.7 Å². The molecule has 1 heterocycles. The Balaban J connectivity index is 2.95. The van der Waals surface area contributed by atoms with Crippen molar-refractivity contribution in [1.82, 2.24) is 4.57 Å². The molecule has 0 spiro atoms. The summed E-state index contributed by atoms with van der Waals surface area (Å²) in [5, 5.41) is 1.38. The SMILES string of the molecule is Cc1ccc2c(C)c(C)n(C)c2c1. The average Bonchev–Trinajstić information content (AvgIpc) is 2.32. The maximum Gasteiger partial charge on any atom is 0.0485 e. The van der Waals surface area contributed by atoms with Crippen molar-refractivity contribution in [2.75, 3.05) is 0 Å². The van der Waals surface area contributed by atoms with E-state index in [1.807, 2.05) is 0 Å². The zero-order valence-electron chi connectivity index (χ0n) is 8.68. The number of fused-ring (bicyclic) bond motifs is 1. The Bertz CT molecular complexity index is 463. The summed E-state index contributed by atoms with van der Waals surface area (Å²) in [7, 11) is 2.13. The molecule has 0 aliphatic rings. The lowest BCUT2D eigenvalue weighted by Crippen LogP contribution is -1.90. The van der Waals surface area contributed by atoms with E-state index in [2.05, 4.69) is 50.6 Å². The minimum atomic E-state index is 1.33. The fourth-order valence-corrected chi connectivity index (χ4v) is 1.86. The molecule has 1 aromatic carbocycles. The van der Waals surface area contributed by atoms with Crippen molar-refractivity contribution in [1.29, 1.82) is 0 Å². The quantitative estimate of drug-likeness (QED) is 0.577. The Hall–Kier alpha value is -1.24. The first-order valence-electron chi connectivity index (χ1n) is 4.63. The lowest BCUT2D eigenvalue weighted by Gasteiger charge is -1.98. The molecular formula is C12H15N. The lowest BCUT2D eigenvalue weighted by atomic mass is 10.1. The van der Waals surface area contributed by atoms with Crippen LogP contribution in [0.1, 0.15) is 16.8 Å². The number of benzene rings is 1. The number of nitrogens with zero attached hydrogens (tertiary/aromatic N) is 1. The van der Waals surface area contributed by atoms with Gasteiger partial charge < -0.3 is 4.57 Å². The summed E-state index contributed by atoms with van der Waals surface area (Å²) < 4.78 is 2.26. The predicted octanol–water partition coefficient (Wildman–Crippen LogP) is 3.10. The summed E-state index contributed by atoms with van der Waals surface area (Å²) in [5.41, 5.74) is 5.43. The van der Waals surface area contributed by atoms with E-state index in [9.17, 15) is 0 Å². The Labute approximate surface area is 79.0 Å². The molecule has 0 unspecified atom stereocenters. The van der Waals surface area contributed by atoms with Gasteiger partial charge in [-0.25, -0.2) is 0 Å². The van der Waals surface area contributed by atoms with Crippen molar-refractivity contribution in [3.8, 4) is 0 Å². The van der Waals surface area contributed by atoms with Crippen LogP contribution in [0.15, 0.2) is 18.2 Å². The molecule has 1 nitrogen and oxygen atoms in total. The topological polar surface area (TPSA) is 4.93 Å². The van der Waals surface area contributed by atoms with E-state index in [0.29, 0.717) is 0 Å². The molecular weight excluding hydrogens is 158 g/mol. The van der Waals surface area contributed by atoms with Gasteiger partial charge in [-0.15, -0.1) is 0 Å². The van der Waals surface area contributed by atoms with Gasteiger partial charge in [-0.3, -0.25) is 0 Å². The first kappa shape index (κ1) is 8.36. The third-order valence-corrected chi connectivity index (χ3v) is 2.96.